The summed E-state index contributed by atoms with van der Waals surface area (Å²) in [7, 11) is 2.08. The van der Waals surface area contributed by atoms with Crippen LogP contribution >= 0.6 is 0 Å². The van der Waals surface area contributed by atoms with Crippen LogP contribution in [0.5, 0.6) is 0 Å². The molecular weight excluding hydrogens is 148 g/mol. The van der Waals surface area contributed by atoms with Gasteiger partial charge in [0.25, 0.3) is 0 Å². The van der Waals surface area contributed by atoms with Crippen molar-refractivity contribution in [2.45, 2.75) is 51.1 Å². The summed E-state index contributed by atoms with van der Waals surface area (Å²) in [6.45, 7) is 3.40. The second-order valence-corrected chi connectivity index (χ2v) is 3.74. The van der Waals surface area contributed by atoms with Crippen LogP contribution in [0.4, 0.5) is 0 Å². The molecule has 0 bridgehead atoms. The lowest BCUT2D eigenvalue weighted by atomic mass is 9.90. The van der Waals surface area contributed by atoms with E-state index in [9.17, 15) is 0 Å². The average molecular weight is 170 g/mol. The van der Waals surface area contributed by atoms with Crippen molar-refractivity contribution in [2.24, 2.45) is 0 Å². The van der Waals surface area contributed by atoms with Gasteiger partial charge >= 0.3 is 0 Å². The van der Waals surface area contributed by atoms with Crippen LogP contribution in [0.2, 0.25) is 0 Å². The molecule has 0 heterocycles. The van der Waals surface area contributed by atoms with Crippen molar-refractivity contribution >= 4 is 0 Å². The van der Waals surface area contributed by atoms with E-state index in [1.165, 1.54) is 38.6 Å². The monoisotopic (exact) mass is 170 g/mol. The zero-order valence-corrected chi connectivity index (χ0v) is 8.40. The second kappa shape index (κ2) is 5.55. The van der Waals surface area contributed by atoms with E-state index in [2.05, 4.69) is 24.6 Å². The molecule has 12 heavy (non-hydrogen) atoms. The molecule has 2 nitrogen and oxygen atoms in total. The van der Waals surface area contributed by atoms with Crippen molar-refractivity contribution in [3.05, 3.63) is 0 Å². The first kappa shape index (κ1) is 10.0. The van der Waals surface area contributed by atoms with Crippen LogP contribution in [0.25, 0.3) is 0 Å². The SMILES string of the molecule is CCCNC1CCCCC1NC. The van der Waals surface area contributed by atoms with Crippen LogP contribution in [0.1, 0.15) is 39.0 Å². The Morgan fingerprint density at radius 3 is 2.42 bits per heavy atom. The molecule has 2 N–H and O–H groups in total. The molecule has 1 saturated carbocycles. The van der Waals surface area contributed by atoms with Crippen molar-refractivity contribution in [1.82, 2.24) is 10.6 Å². The fourth-order valence-corrected chi connectivity index (χ4v) is 2.05. The maximum absolute atomic E-state index is 3.61. The van der Waals surface area contributed by atoms with Gasteiger partial charge in [0.1, 0.15) is 0 Å². The lowest BCUT2D eigenvalue weighted by molar-refractivity contribution is 0.296. The largest absolute Gasteiger partial charge is 0.315 e. The molecule has 2 atom stereocenters. The topological polar surface area (TPSA) is 24.1 Å². The lowest BCUT2D eigenvalue weighted by Crippen LogP contribution is -2.48. The van der Waals surface area contributed by atoms with Gasteiger partial charge in [-0.1, -0.05) is 19.8 Å². The Morgan fingerprint density at radius 2 is 1.83 bits per heavy atom. The third-order valence-corrected chi connectivity index (χ3v) is 2.79. The maximum atomic E-state index is 3.61. The van der Waals surface area contributed by atoms with E-state index in [-0.39, 0.29) is 0 Å². The third kappa shape index (κ3) is 2.76. The Labute approximate surface area is 76.1 Å². The van der Waals surface area contributed by atoms with Crippen LogP contribution in [-0.4, -0.2) is 25.7 Å². The van der Waals surface area contributed by atoms with Gasteiger partial charge < -0.3 is 10.6 Å². The normalized spacial score (nSPS) is 30.5. The first-order valence-corrected chi connectivity index (χ1v) is 5.29. The quantitative estimate of drug-likeness (QED) is 0.668. The predicted molar refractivity (Wildman–Crippen MR) is 53.4 cm³/mol. The Kier molecular flexibility index (Phi) is 4.62. The smallest absolute Gasteiger partial charge is 0.0221 e. The number of hydrogen-bond acceptors (Lipinski definition) is 2. The molecule has 1 aliphatic carbocycles. The first-order chi connectivity index (χ1) is 5.88. The minimum atomic E-state index is 0.713. The summed E-state index contributed by atoms with van der Waals surface area (Å²) in [5, 5.41) is 7.01. The molecule has 0 aliphatic heterocycles. The highest BCUT2D eigenvalue weighted by Gasteiger charge is 2.22. The summed E-state index contributed by atoms with van der Waals surface area (Å²) in [6, 6.07) is 1.44. The van der Waals surface area contributed by atoms with Crippen LogP contribution < -0.4 is 10.6 Å². The standard InChI is InChI=1S/C10H22N2/c1-3-8-12-10-7-5-4-6-9(10)11-2/h9-12H,3-8H2,1-2H3. The van der Waals surface area contributed by atoms with Crippen molar-refractivity contribution in [2.75, 3.05) is 13.6 Å². The number of nitrogens with one attached hydrogen (secondary N) is 2. The van der Waals surface area contributed by atoms with E-state index in [1.807, 2.05) is 0 Å². The van der Waals surface area contributed by atoms with Crippen LogP contribution in [-0.2, 0) is 0 Å². The molecule has 72 valence electrons. The fourth-order valence-electron chi connectivity index (χ4n) is 2.05. The summed E-state index contributed by atoms with van der Waals surface area (Å²) in [5.41, 5.74) is 0. The van der Waals surface area contributed by atoms with E-state index in [0.29, 0.717) is 6.04 Å². The van der Waals surface area contributed by atoms with Gasteiger partial charge in [-0.25, -0.2) is 0 Å². The molecule has 0 aromatic rings. The summed E-state index contributed by atoms with van der Waals surface area (Å²) < 4.78 is 0. The van der Waals surface area contributed by atoms with E-state index in [4.69, 9.17) is 0 Å². The lowest BCUT2D eigenvalue weighted by Gasteiger charge is -2.32. The molecule has 1 rings (SSSR count). The Hall–Kier alpha value is -0.0800. The molecule has 0 spiro atoms. The summed E-state index contributed by atoms with van der Waals surface area (Å²) in [5.74, 6) is 0. The Morgan fingerprint density at radius 1 is 1.17 bits per heavy atom. The zero-order chi connectivity index (χ0) is 8.81. The van der Waals surface area contributed by atoms with Crippen molar-refractivity contribution < 1.29 is 0 Å². The molecular formula is C10H22N2. The van der Waals surface area contributed by atoms with E-state index < -0.39 is 0 Å². The predicted octanol–water partition coefficient (Wildman–Crippen LogP) is 1.52. The summed E-state index contributed by atoms with van der Waals surface area (Å²) in [4.78, 5) is 0. The van der Waals surface area contributed by atoms with Gasteiger partial charge in [-0.15, -0.1) is 0 Å². The van der Waals surface area contributed by atoms with Gasteiger partial charge in [0.05, 0.1) is 0 Å². The van der Waals surface area contributed by atoms with Crippen LogP contribution in [0.3, 0.4) is 0 Å². The molecule has 0 aromatic heterocycles. The highest BCUT2D eigenvalue weighted by Crippen LogP contribution is 2.17. The minimum Gasteiger partial charge on any atom is -0.315 e. The zero-order valence-electron chi connectivity index (χ0n) is 8.40. The third-order valence-electron chi connectivity index (χ3n) is 2.79. The van der Waals surface area contributed by atoms with Gasteiger partial charge in [0.15, 0.2) is 0 Å². The van der Waals surface area contributed by atoms with Gasteiger partial charge in [-0.3, -0.25) is 0 Å². The Bertz CT molecular complexity index is 114. The Balaban J connectivity index is 2.26. The molecule has 1 fully saturated rings. The van der Waals surface area contributed by atoms with Gasteiger partial charge in [-0.05, 0) is 32.9 Å². The van der Waals surface area contributed by atoms with E-state index in [1.54, 1.807) is 0 Å². The molecule has 0 radical (unpaired) electrons. The van der Waals surface area contributed by atoms with Crippen molar-refractivity contribution in [3.63, 3.8) is 0 Å². The highest BCUT2D eigenvalue weighted by molar-refractivity contribution is 4.84. The van der Waals surface area contributed by atoms with Crippen LogP contribution in [0, 0.1) is 0 Å². The molecule has 1 aliphatic rings. The van der Waals surface area contributed by atoms with Gasteiger partial charge in [0, 0.05) is 12.1 Å². The molecule has 2 heteroatoms. The number of rotatable bonds is 4. The van der Waals surface area contributed by atoms with Crippen LogP contribution in [0.15, 0.2) is 0 Å². The fraction of sp³-hybridized carbons (Fsp3) is 1.00. The molecule has 0 aromatic carbocycles. The highest BCUT2D eigenvalue weighted by atomic mass is 15.0. The first-order valence-electron chi connectivity index (χ1n) is 5.29. The van der Waals surface area contributed by atoms with Gasteiger partial charge in [-0.2, -0.15) is 0 Å². The van der Waals surface area contributed by atoms with Crippen molar-refractivity contribution in [1.29, 1.82) is 0 Å². The minimum absolute atomic E-state index is 0.713. The van der Waals surface area contributed by atoms with Gasteiger partial charge in [0.2, 0.25) is 0 Å². The maximum Gasteiger partial charge on any atom is 0.0221 e. The molecule has 0 amide bonds. The number of hydrogen-bond donors (Lipinski definition) is 2. The second-order valence-electron chi connectivity index (χ2n) is 3.74. The van der Waals surface area contributed by atoms with E-state index >= 15 is 0 Å². The average Bonchev–Trinajstić information content (AvgIpc) is 2.15. The molecule has 2 unspecified atom stereocenters. The molecule has 0 saturated heterocycles. The van der Waals surface area contributed by atoms with E-state index in [0.717, 1.165) is 6.04 Å². The summed E-state index contributed by atoms with van der Waals surface area (Å²) >= 11 is 0. The summed E-state index contributed by atoms with van der Waals surface area (Å²) in [6.07, 6.45) is 6.74. The van der Waals surface area contributed by atoms with Crippen molar-refractivity contribution in [3.8, 4) is 0 Å². The number of likely N-dealkylation sites (N-methyl/N-ethyl adjacent to an activating group) is 1.